The van der Waals surface area contributed by atoms with E-state index in [9.17, 15) is 0 Å². The lowest BCUT2D eigenvalue weighted by atomic mass is 10.0. The van der Waals surface area contributed by atoms with Gasteiger partial charge in [0.15, 0.2) is 17.5 Å². The summed E-state index contributed by atoms with van der Waals surface area (Å²) in [4.78, 5) is 27.1. The maximum Gasteiger partial charge on any atom is 0.164 e. The highest BCUT2D eigenvalue weighted by molar-refractivity contribution is 6.19. The lowest BCUT2D eigenvalue weighted by molar-refractivity contribution is 1.07. The van der Waals surface area contributed by atoms with Gasteiger partial charge in [0.2, 0.25) is 0 Å². The van der Waals surface area contributed by atoms with E-state index in [4.69, 9.17) is 24.9 Å². The van der Waals surface area contributed by atoms with E-state index in [1.165, 1.54) is 0 Å². The second-order valence-electron chi connectivity index (χ2n) is 16.2. The summed E-state index contributed by atoms with van der Waals surface area (Å²) < 4.78 is 2.37. The third-order valence-electron chi connectivity index (χ3n) is 12.1. The van der Waals surface area contributed by atoms with Crippen molar-refractivity contribution in [3.05, 3.63) is 237 Å². The van der Waals surface area contributed by atoms with E-state index >= 15 is 0 Å². The maximum atomic E-state index is 5.20. The van der Waals surface area contributed by atoms with E-state index < -0.39 is 0 Å². The van der Waals surface area contributed by atoms with E-state index in [2.05, 4.69) is 185 Å². The maximum absolute atomic E-state index is 5.20. The fourth-order valence-electron chi connectivity index (χ4n) is 8.96. The lowest BCUT2D eigenvalue weighted by Crippen LogP contribution is -2.12. The molecule has 4 aromatic heterocycles. The van der Waals surface area contributed by atoms with Crippen molar-refractivity contribution < 1.29 is 0 Å². The number of rotatable bonds is 9. The van der Waals surface area contributed by atoms with E-state index in [1.54, 1.807) is 0 Å². The SMILES string of the molecule is c1ccc(-c2ccc(-c3nc(-c4ccc(-c5ccccc5)cc4)nc(-c4cccc(-n5c6ccc(N(c7ccccn7)c7ccccn7)cc6c6ccc7ccccc7c65)c4)n3)cc2)cc1. The summed E-state index contributed by atoms with van der Waals surface area (Å²) in [6.45, 7) is 0. The molecular formula is C59H39N7. The van der Waals surface area contributed by atoms with Gasteiger partial charge in [0.25, 0.3) is 0 Å². The molecule has 0 bridgehead atoms. The normalized spacial score (nSPS) is 11.3. The van der Waals surface area contributed by atoms with Crippen molar-refractivity contribution in [2.45, 2.75) is 0 Å². The Labute approximate surface area is 381 Å². The quantitative estimate of drug-likeness (QED) is 0.144. The molecule has 12 rings (SSSR count). The van der Waals surface area contributed by atoms with Gasteiger partial charge in [0.1, 0.15) is 11.6 Å². The number of aromatic nitrogens is 6. The smallest absolute Gasteiger partial charge is 0.164 e. The molecule has 0 atom stereocenters. The van der Waals surface area contributed by atoms with Gasteiger partial charge in [0, 0.05) is 56.6 Å². The monoisotopic (exact) mass is 845 g/mol. The molecular weight excluding hydrogens is 807 g/mol. The molecule has 0 fully saturated rings. The van der Waals surface area contributed by atoms with Gasteiger partial charge in [-0.1, -0.05) is 170 Å². The summed E-state index contributed by atoms with van der Waals surface area (Å²) in [5.41, 5.74) is 11.4. The predicted molar refractivity (Wildman–Crippen MR) is 269 cm³/mol. The van der Waals surface area contributed by atoms with E-state index in [0.29, 0.717) is 17.5 Å². The highest BCUT2D eigenvalue weighted by Crippen LogP contribution is 2.41. The molecule has 0 unspecified atom stereocenters. The molecule has 0 radical (unpaired) electrons. The van der Waals surface area contributed by atoms with E-state index in [0.717, 1.165) is 94.5 Å². The van der Waals surface area contributed by atoms with Crippen LogP contribution in [0.3, 0.4) is 0 Å². The number of fused-ring (bicyclic) bond motifs is 5. The van der Waals surface area contributed by atoms with Crippen LogP contribution in [0.4, 0.5) is 17.3 Å². The molecule has 0 saturated carbocycles. The zero-order valence-electron chi connectivity index (χ0n) is 35.6. The van der Waals surface area contributed by atoms with Crippen LogP contribution in [0, 0.1) is 0 Å². The lowest BCUT2D eigenvalue weighted by Gasteiger charge is -2.23. The van der Waals surface area contributed by atoms with Gasteiger partial charge in [-0.3, -0.25) is 4.90 Å². The molecule has 0 aliphatic heterocycles. The first kappa shape index (κ1) is 38.6. The fraction of sp³-hybridized carbons (Fsp3) is 0. The van der Waals surface area contributed by atoms with Crippen LogP contribution in [-0.4, -0.2) is 29.5 Å². The van der Waals surface area contributed by atoms with Crippen LogP contribution in [0.15, 0.2) is 237 Å². The van der Waals surface area contributed by atoms with Crippen molar-refractivity contribution in [3.8, 4) is 62.1 Å². The summed E-state index contributed by atoms with van der Waals surface area (Å²) in [5, 5.41) is 4.57. The molecule has 0 saturated heterocycles. The van der Waals surface area contributed by atoms with Crippen molar-refractivity contribution in [2.75, 3.05) is 4.90 Å². The molecule has 4 heterocycles. The van der Waals surface area contributed by atoms with Crippen LogP contribution in [-0.2, 0) is 0 Å². The molecule has 66 heavy (non-hydrogen) atoms. The van der Waals surface area contributed by atoms with Crippen LogP contribution in [0.2, 0.25) is 0 Å². The average molecular weight is 846 g/mol. The number of benzene rings is 8. The van der Waals surface area contributed by atoms with Crippen molar-refractivity contribution in [1.29, 1.82) is 0 Å². The summed E-state index contributed by atoms with van der Waals surface area (Å²) >= 11 is 0. The van der Waals surface area contributed by atoms with Gasteiger partial charge < -0.3 is 4.57 Å². The van der Waals surface area contributed by atoms with E-state index in [-0.39, 0.29) is 0 Å². The molecule has 7 nitrogen and oxygen atoms in total. The minimum atomic E-state index is 0.588. The van der Waals surface area contributed by atoms with Crippen molar-refractivity contribution >= 4 is 49.9 Å². The molecule has 0 aliphatic rings. The minimum absolute atomic E-state index is 0.588. The van der Waals surface area contributed by atoms with Crippen molar-refractivity contribution in [2.24, 2.45) is 0 Å². The van der Waals surface area contributed by atoms with E-state index in [1.807, 2.05) is 60.9 Å². The Kier molecular flexibility index (Phi) is 9.69. The third kappa shape index (κ3) is 7.11. The largest absolute Gasteiger partial charge is 0.309 e. The van der Waals surface area contributed by atoms with Crippen molar-refractivity contribution in [3.63, 3.8) is 0 Å². The highest BCUT2D eigenvalue weighted by atomic mass is 15.2. The summed E-state index contributed by atoms with van der Waals surface area (Å²) in [7, 11) is 0. The summed E-state index contributed by atoms with van der Waals surface area (Å²) in [6.07, 6.45) is 3.63. The van der Waals surface area contributed by atoms with Gasteiger partial charge in [-0.15, -0.1) is 0 Å². The van der Waals surface area contributed by atoms with Crippen LogP contribution < -0.4 is 4.90 Å². The molecule has 0 spiro atoms. The Hall–Kier alpha value is -9.07. The van der Waals surface area contributed by atoms with Gasteiger partial charge in [-0.2, -0.15) is 0 Å². The van der Waals surface area contributed by atoms with Gasteiger partial charge in [-0.05, 0) is 82.2 Å². The van der Waals surface area contributed by atoms with Crippen molar-refractivity contribution in [1.82, 2.24) is 29.5 Å². The third-order valence-corrected chi connectivity index (χ3v) is 12.1. The standard InChI is InChI=1S/C59H39N7/c1-3-14-40(15-4-1)42-24-28-45(29-25-42)57-62-58(46-30-26-43(27-31-46)41-16-5-2-6-17-41)64-59(63-57)47-19-13-20-48(38-47)65-53-35-33-49(66(54-22-9-11-36-60-54)55-23-10-12-37-61-55)39-52(53)51-34-32-44-18-7-8-21-50(44)56(51)65/h1-39H. The van der Waals surface area contributed by atoms with Gasteiger partial charge in [0.05, 0.1) is 11.0 Å². The predicted octanol–water partition coefficient (Wildman–Crippen LogP) is 14.7. The number of nitrogens with zero attached hydrogens (tertiary/aromatic N) is 7. The second kappa shape index (κ2) is 16.6. The summed E-state index contributed by atoms with van der Waals surface area (Å²) in [6, 6.07) is 77.8. The molecule has 0 N–H and O–H groups in total. The first-order valence-corrected chi connectivity index (χ1v) is 22.0. The Morgan fingerprint density at radius 2 is 0.848 bits per heavy atom. The number of hydrogen-bond donors (Lipinski definition) is 0. The van der Waals surface area contributed by atoms with Gasteiger partial charge >= 0.3 is 0 Å². The average Bonchev–Trinajstić information content (AvgIpc) is 3.74. The molecule has 7 heteroatoms. The molecule has 0 aliphatic carbocycles. The van der Waals surface area contributed by atoms with Gasteiger partial charge in [-0.25, -0.2) is 24.9 Å². The molecule has 12 aromatic rings. The van der Waals surface area contributed by atoms with Crippen LogP contribution in [0.5, 0.6) is 0 Å². The first-order chi connectivity index (χ1) is 32.7. The Morgan fingerprint density at radius 3 is 1.44 bits per heavy atom. The summed E-state index contributed by atoms with van der Waals surface area (Å²) in [5.74, 6) is 3.37. The molecule has 8 aromatic carbocycles. The minimum Gasteiger partial charge on any atom is -0.309 e. The first-order valence-electron chi connectivity index (χ1n) is 22.0. The molecule has 0 amide bonds. The van der Waals surface area contributed by atoms with Crippen LogP contribution in [0.1, 0.15) is 0 Å². The number of hydrogen-bond acceptors (Lipinski definition) is 6. The number of anilines is 3. The Bertz CT molecular complexity index is 3530. The van der Waals surface area contributed by atoms with Crippen LogP contribution in [0.25, 0.3) is 94.7 Å². The fourth-order valence-corrected chi connectivity index (χ4v) is 8.96. The topological polar surface area (TPSA) is 72.6 Å². The zero-order valence-corrected chi connectivity index (χ0v) is 35.6. The second-order valence-corrected chi connectivity index (χ2v) is 16.2. The Balaban J connectivity index is 1.02. The highest BCUT2D eigenvalue weighted by Gasteiger charge is 2.21. The Morgan fingerprint density at radius 1 is 0.333 bits per heavy atom. The zero-order chi connectivity index (χ0) is 43.8. The molecule has 310 valence electrons. The number of pyridine rings is 2. The van der Waals surface area contributed by atoms with Crippen LogP contribution >= 0.6 is 0 Å².